The summed E-state index contributed by atoms with van der Waals surface area (Å²) in [5, 5.41) is 14.5. The van der Waals surface area contributed by atoms with Crippen molar-refractivity contribution < 1.29 is 4.92 Å². The van der Waals surface area contributed by atoms with E-state index in [0.29, 0.717) is 22.6 Å². The summed E-state index contributed by atoms with van der Waals surface area (Å²) in [7, 11) is 0. The van der Waals surface area contributed by atoms with Gasteiger partial charge in [0.25, 0.3) is 5.69 Å². The Hall–Kier alpha value is -1.69. The van der Waals surface area contributed by atoms with Gasteiger partial charge < -0.3 is 10.2 Å². The number of nitro benzene ring substituents is 1. The molecule has 1 aromatic carbocycles. The zero-order valence-electron chi connectivity index (χ0n) is 11.7. The normalized spacial score (nSPS) is 22.4. The first-order valence-corrected chi connectivity index (χ1v) is 7.17. The number of nitrogens with zero attached hydrogens (tertiary/aromatic N) is 2. The fourth-order valence-electron chi connectivity index (χ4n) is 2.73. The number of thiocarbonyl (C=S) groups is 1. The number of nitrogens with one attached hydrogen (secondary N) is 1. The molecule has 2 atom stereocenters. The maximum atomic E-state index is 10.8. The van der Waals surface area contributed by atoms with Crippen molar-refractivity contribution in [2.45, 2.75) is 20.3 Å². The van der Waals surface area contributed by atoms with Crippen molar-refractivity contribution >= 4 is 28.7 Å². The Balaban J connectivity index is 2.04. The molecule has 0 aromatic heterocycles. The fourth-order valence-corrected chi connectivity index (χ4v) is 3.00. The van der Waals surface area contributed by atoms with Gasteiger partial charge in [-0.25, -0.2) is 0 Å². The van der Waals surface area contributed by atoms with Crippen LogP contribution in [-0.2, 0) is 0 Å². The van der Waals surface area contributed by atoms with E-state index >= 15 is 0 Å². The molecule has 0 saturated carbocycles. The van der Waals surface area contributed by atoms with Gasteiger partial charge in [-0.15, -0.1) is 0 Å². The second-order valence-corrected chi connectivity index (χ2v) is 5.98. The van der Waals surface area contributed by atoms with Crippen LogP contribution in [0.15, 0.2) is 24.3 Å². The average Bonchev–Trinajstić information content (AvgIpc) is 2.37. The highest BCUT2D eigenvalue weighted by atomic mass is 32.1. The SMILES string of the molecule is CC1CC(C)CN(C(=S)Nc2cccc([N+](=O)[O-])c2)C1. The number of nitro groups is 1. The Morgan fingerprint density at radius 3 is 2.65 bits per heavy atom. The molecule has 0 amide bonds. The van der Waals surface area contributed by atoms with E-state index in [1.54, 1.807) is 12.1 Å². The highest BCUT2D eigenvalue weighted by molar-refractivity contribution is 7.80. The molecule has 1 fully saturated rings. The quantitative estimate of drug-likeness (QED) is 0.515. The molecule has 20 heavy (non-hydrogen) atoms. The Morgan fingerprint density at radius 2 is 2.05 bits per heavy atom. The zero-order chi connectivity index (χ0) is 14.7. The average molecular weight is 293 g/mol. The highest BCUT2D eigenvalue weighted by Crippen LogP contribution is 2.22. The molecule has 1 N–H and O–H groups in total. The molecule has 0 radical (unpaired) electrons. The van der Waals surface area contributed by atoms with Crippen LogP contribution in [0, 0.1) is 22.0 Å². The number of piperidine rings is 1. The van der Waals surface area contributed by atoms with Crippen molar-refractivity contribution in [1.82, 2.24) is 4.90 Å². The van der Waals surface area contributed by atoms with Crippen molar-refractivity contribution in [3.05, 3.63) is 34.4 Å². The summed E-state index contributed by atoms with van der Waals surface area (Å²) in [6.07, 6.45) is 1.22. The van der Waals surface area contributed by atoms with Crippen LogP contribution in [0.1, 0.15) is 20.3 Å². The molecule has 1 aliphatic heterocycles. The lowest BCUT2D eigenvalue weighted by atomic mass is 9.92. The first-order valence-electron chi connectivity index (χ1n) is 6.76. The number of likely N-dealkylation sites (tertiary alicyclic amines) is 1. The van der Waals surface area contributed by atoms with Gasteiger partial charge >= 0.3 is 0 Å². The first-order chi connectivity index (χ1) is 9.45. The number of hydrogen-bond acceptors (Lipinski definition) is 3. The van der Waals surface area contributed by atoms with Gasteiger partial charge in [0.15, 0.2) is 5.11 Å². The van der Waals surface area contributed by atoms with Crippen LogP contribution in [0.2, 0.25) is 0 Å². The Labute approximate surface area is 124 Å². The fraction of sp³-hybridized carbons (Fsp3) is 0.500. The molecular weight excluding hydrogens is 274 g/mol. The molecule has 0 bridgehead atoms. The van der Waals surface area contributed by atoms with Crippen LogP contribution in [0.3, 0.4) is 0 Å². The first kappa shape index (κ1) is 14.7. The molecule has 0 spiro atoms. The molecule has 1 aromatic rings. The molecular formula is C14H19N3O2S. The van der Waals surface area contributed by atoms with E-state index < -0.39 is 4.92 Å². The third-order valence-electron chi connectivity index (χ3n) is 3.46. The van der Waals surface area contributed by atoms with Gasteiger partial charge in [-0.05, 0) is 36.5 Å². The number of hydrogen-bond donors (Lipinski definition) is 1. The van der Waals surface area contributed by atoms with E-state index in [-0.39, 0.29) is 5.69 Å². The molecule has 1 heterocycles. The molecule has 1 saturated heterocycles. The smallest absolute Gasteiger partial charge is 0.271 e. The lowest BCUT2D eigenvalue weighted by Crippen LogP contribution is -2.44. The van der Waals surface area contributed by atoms with Gasteiger partial charge in [0.1, 0.15) is 0 Å². The number of benzene rings is 1. The molecule has 6 heteroatoms. The molecule has 2 rings (SSSR count). The van der Waals surface area contributed by atoms with E-state index in [9.17, 15) is 10.1 Å². The molecule has 0 aliphatic carbocycles. The summed E-state index contributed by atoms with van der Waals surface area (Å²) in [4.78, 5) is 12.5. The van der Waals surface area contributed by atoms with Gasteiger partial charge in [0, 0.05) is 30.9 Å². The summed E-state index contributed by atoms with van der Waals surface area (Å²) in [6.45, 7) is 6.31. The predicted molar refractivity (Wildman–Crippen MR) is 83.8 cm³/mol. The minimum Gasteiger partial charge on any atom is -0.348 e. The van der Waals surface area contributed by atoms with Crippen molar-refractivity contribution in [3.8, 4) is 0 Å². The lowest BCUT2D eigenvalue weighted by molar-refractivity contribution is -0.384. The Kier molecular flexibility index (Phi) is 4.54. The lowest BCUT2D eigenvalue weighted by Gasteiger charge is -2.36. The van der Waals surface area contributed by atoms with E-state index in [2.05, 4.69) is 24.1 Å². The van der Waals surface area contributed by atoms with Crippen LogP contribution in [0.25, 0.3) is 0 Å². The third kappa shape index (κ3) is 3.66. The van der Waals surface area contributed by atoms with Gasteiger partial charge in [-0.1, -0.05) is 19.9 Å². The van der Waals surface area contributed by atoms with Crippen molar-refractivity contribution in [2.75, 3.05) is 18.4 Å². The van der Waals surface area contributed by atoms with Crippen LogP contribution in [-0.4, -0.2) is 28.0 Å². The van der Waals surface area contributed by atoms with Gasteiger partial charge in [0.2, 0.25) is 0 Å². The standard InChI is InChI=1S/C14H19N3O2S/c1-10-6-11(2)9-16(8-10)14(20)15-12-4-3-5-13(7-12)17(18)19/h3-5,7,10-11H,6,8-9H2,1-2H3,(H,15,20). The molecule has 108 valence electrons. The van der Waals surface area contributed by atoms with Crippen LogP contribution >= 0.6 is 12.2 Å². The Morgan fingerprint density at radius 1 is 1.40 bits per heavy atom. The maximum Gasteiger partial charge on any atom is 0.271 e. The monoisotopic (exact) mass is 293 g/mol. The predicted octanol–water partition coefficient (Wildman–Crippen LogP) is 3.27. The van der Waals surface area contributed by atoms with Crippen LogP contribution in [0.5, 0.6) is 0 Å². The molecule has 5 nitrogen and oxygen atoms in total. The number of non-ortho nitro benzene ring substituents is 1. The third-order valence-corrected chi connectivity index (χ3v) is 3.82. The topological polar surface area (TPSA) is 58.4 Å². The van der Waals surface area contributed by atoms with Crippen molar-refractivity contribution in [3.63, 3.8) is 0 Å². The summed E-state index contributed by atoms with van der Waals surface area (Å²) in [6, 6.07) is 6.42. The summed E-state index contributed by atoms with van der Waals surface area (Å²) in [5.74, 6) is 1.23. The van der Waals surface area contributed by atoms with E-state index in [1.807, 2.05) is 0 Å². The highest BCUT2D eigenvalue weighted by Gasteiger charge is 2.23. The van der Waals surface area contributed by atoms with Crippen molar-refractivity contribution in [1.29, 1.82) is 0 Å². The van der Waals surface area contributed by atoms with E-state index in [1.165, 1.54) is 18.6 Å². The van der Waals surface area contributed by atoms with Gasteiger partial charge in [-0.2, -0.15) is 0 Å². The minimum atomic E-state index is -0.404. The number of anilines is 1. The van der Waals surface area contributed by atoms with Crippen molar-refractivity contribution in [2.24, 2.45) is 11.8 Å². The van der Waals surface area contributed by atoms with Crippen LogP contribution in [0.4, 0.5) is 11.4 Å². The zero-order valence-corrected chi connectivity index (χ0v) is 12.5. The second-order valence-electron chi connectivity index (χ2n) is 5.59. The number of rotatable bonds is 2. The second kappa shape index (κ2) is 6.17. The summed E-state index contributed by atoms with van der Waals surface area (Å²) in [5.41, 5.74) is 0.730. The molecule has 1 aliphatic rings. The molecule has 2 unspecified atom stereocenters. The largest absolute Gasteiger partial charge is 0.348 e. The van der Waals surface area contributed by atoms with Gasteiger partial charge in [-0.3, -0.25) is 10.1 Å². The Bertz CT molecular complexity index is 511. The van der Waals surface area contributed by atoms with E-state index in [4.69, 9.17) is 12.2 Å². The van der Waals surface area contributed by atoms with Crippen LogP contribution < -0.4 is 5.32 Å². The maximum absolute atomic E-state index is 10.8. The summed E-state index contributed by atoms with van der Waals surface area (Å²) >= 11 is 5.42. The van der Waals surface area contributed by atoms with E-state index in [0.717, 1.165) is 13.1 Å². The summed E-state index contributed by atoms with van der Waals surface area (Å²) < 4.78 is 0. The minimum absolute atomic E-state index is 0.0678. The van der Waals surface area contributed by atoms with Gasteiger partial charge in [0.05, 0.1) is 4.92 Å².